The lowest BCUT2D eigenvalue weighted by molar-refractivity contribution is 0.131. The largest absolute Gasteiger partial charge is 0.496 e. The van der Waals surface area contributed by atoms with E-state index in [1.54, 1.807) is 14.2 Å². The summed E-state index contributed by atoms with van der Waals surface area (Å²) in [5, 5.41) is 0. The van der Waals surface area contributed by atoms with Gasteiger partial charge in [0.1, 0.15) is 5.75 Å². The van der Waals surface area contributed by atoms with Gasteiger partial charge in [-0.15, -0.1) is 0 Å². The van der Waals surface area contributed by atoms with Gasteiger partial charge in [0.25, 0.3) is 0 Å². The van der Waals surface area contributed by atoms with Crippen molar-refractivity contribution in [3.8, 4) is 5.75 Å². The molecule has 0 bridgehead atoms. The maximum absolute atomic E-state index is 11.3. The lowest BCUT2D eigenvalue weighted by atomic mass is 10.0. The molecule has 0 aliphatic carbocycles. The third kappa shape index (κ3) is 2.90. The lowest BCUT2D eigenvalue weighted by Gasteiger charge is -2.18. The van der Waals surface area contributed by atoms with E-state index >= 15 is 0 Å². The molecule has 4 nitrogen and oxygen atoms in total. The Kier molecular flexibility index (Phi) is 4.37. The fraction of sp³-hybridized carbons (Fsp3) is 0.462. The Balaban J connectivity index is 2.93. The van der Waals surface area contributed by atoms with Crippen molar-refractivity contribution in [2.24, 2.45) is 0 Å². The van der Waals surface area contributed by atoms with E-state index in [-0.39, 0.29) is 6.09 Å². The predicted molar refractivity (Wildman–Crippen MR) is 66.3 cm³/mol. The van der Waals surface area contributed by atoms with Crippen molar-refractivity contribution in [1.29, 1.82) is 0 Å². The van der Waals surface area contributed by atoms with Crippen LogP contribution in [-0.4, -0.2) is 32.3 Å². The molecule has 0 unspecified atom stereocenters. The zero-order valence-corrected chi connectivity index (χ0v) is 11.0. The van der Waals surface area contributed by atoms with Crippen molar-refractivity contribution in [1.82, 2.24) is 4.90 Å². The Hall–Kier alpha value is -1.71. The van der Waals surface area contributed by atoms with Gasteiger partial charge in [0.15, 0.2) is 0 Å². The Bertz CT molecular complexity index is 415. The Morgan fingerprint density at radius 1 is 1.24 bits per heavy atom. The number of hydrogen-bond acceptors (Lipinski definition) is 3. The van der Waals surface area contributed by atoms with Crippen LogP contribution < -0.4 is 4.74 Å². The first-order valence-electron chi connectivity index (χ1n) is 5.43. The smallest absolute Gasteiger partial charge is 0.409 e. The molecule has 0 N–H and O–H groups in total. The molecule has 0 aliphatic rings. The first kappa shape index (κ1) is 13.4. The predicted octanol–water partition coefficient (Wildman–Crippen LogP) is 2.51. The van der Waals surface area contributed by atoms with Gasteiger partial charge in [-0.1, -0.05) is 6.07 Å². The molecule has 0 aromatic heterocycles. The van der Waals surface area contributed by atoms with Crippen LogP contribution >= 0.6 is 0 Å². The van der Waals surface area contributed by atoms with E-state index in [4.69, 9.17) is 4.74 Å². The van der Waals surface area contributed by atoms with Gasteiger partial charge in [-0.3, -0.25) is 0 Å². The molecule has 1 aromatic carbocycles. The van der Waals surface area contributed by atoms with Crippen LogP contribution in [0.1, 0.15) is 16.7 Å². The number of benzene rings is 1. The van der Waals surface area contributed by atoms with Crippen LogP contribution in [0.15, 0.2) is 12.1 Å². The number of methoxy groups -OCH3 is 2. The van der Waals surface area contributed by atoms with Crippen LogP contribution in [0, 0.1) is 13.8 Å². The van der Waals surface area contributed by atoms with Gasteiger partial charge in [-0.05, 0) is 36.6 Å². The number of amides is 1. The Labute approximate surface area is 102 Å². The highest BCUT2D eigenvalue weighted by Gasteiger charge is 2.12. The van der Waals surface area contributed by atoms with Crippen LogP contribution in [0.25, 0.3) is 0 Å². The maximum atomic E-state index is 11.3. The van der Waals surface area contributed by atoms with Gasteiger partial charge in [0, 0.05) is 13.6 Å². The average Bonchev–Trinajstić information content (AvgIpc) is 2.34. The minimum atomic E-state index is -0.335. The molecule has 0 fully saturated rings. The topological polar surface area (TPSA) is 38.8 Å². The van der Waals surface area contributed by atoms with Crippen molar-refractivity contribution in [3.63, 3.8) is 0 Å². The van der Waals surface area contributed by atoms with Gasteiger partial charge in [-0.2, -0.15) is 0 Å². The quantitative estimate of drug-likeness (QED) is 0.810. The van der Waals surface area contributed by atoms with Crippen LogP contribution in [0.2, 0.25) is 0 Å². The second-order valence-electron chi connectivity index (χ2n) is 4.00. The van der Waals surface area contributed by atoms with E-state index in [9.17, 15) is 4.79 Å². The van der Waals surface area contributed by atoms with Crippen molar-refractivity contribution in [2.75, 3.05) is 21.3 Å². The highest BCUT2D eigenvalue weighted by Crippen LogP contribution is 2.24. The first-order valence-corrected chi connectivity index (χ1v) is 5.43. The number of carbonyl (C=O) groups excluding carboxylic acids is 1. The van der Waals surface area contributed by atoms with Crippen molar-refractivity contribution < 1.29 is 14.3 Å². The SMILES string of the molecule is COC(=O)N(C)Cc1ccc(OC)c(C)c1C. The summed E-state index contributed by atoms with van der Waals surface area (Å²) in [6.45, 7) is 4.57. The molecular formula is C13H19NO3. The minimum Gasteiger partial charge on any atom is -0.496 e. The fourth-order valence-corrected chi connectivity index (χ4v) is 1.72. The normalized spacial score (nSPS) is 9.94. The summed E-state index contributed by atoms with van der Waals surface area (Å²) in [5.41, 5.74) is 3.33. The summed E-state index contributed by atoms with van der Waals surface area (Å²) in [6, 6.07) is 3.89. The zero-order chi connectivity index (χ0) is 13.0. The molecule has 4 heteroatoms. The summed E-state index contributed by atoms with van der Waals surface area (Å²) < 4.78 is 9.91. The maximum Gasteiger partial charge on any atom is 0.409 e. The van der Waals surface area contributed by atoms with Gasteiger partial charge in [0.2, 0.25) is 0 Å². The monoisotopic (exact) mass is 237 g/mol. The molecular weight excluding hydrogens is 218 g/mol. The van der Waals surface area contributed by atoms with Gasteiger partial charge in [-0.25, -0.2) is 4.79 Å². The molecule has 0 heterocycles. The van der Waals surface area contributed by atoms with Gasteiger partial charge in [0.05, 0.1) is 14.2 Å². The molecule has 0 spiro atoms. The van der Waals surface area contributed by atoms with E-state index in [0.29, 0.717) is 6.54 Å². The van der Waals surface area contributed by atoms with Crippen molar-refractivity contribution in [3.05, 3.63) is 28.8 Å². The van der Waals surface area contributed by atoms with Gasteiger partial charge >= 0.3 is 6.09 Å². The van der Waals surface area contributed by atoms with Crippen LogP contribution in [-0.2, 0) is 11.3 Å². The number of hydrogen-bond donors (Lipinski definition) is 0. The average molecular weight is 237 g/mol. The molecule has 0 atom stereocenters. The molecule has 1 aromatic rings. The van der Waals surface area contributed by atoms with E-state index in [1.165, 1.54) is 12.0 Å². The molecule has 1 rings (SSSR count). The molecule has 17 heavy (non-hydrogen) atoms. The van der Waals surface area contributed by atoms with E-state index in [1.807, 2.05) is 26.0 Å². The summed E-state index contributed by atoms with van der Waals surface area (Å²) in [7, 11) is 4.75. The first-order chi connectivity index (χ1) is 8.01. The zero-order valence-electron chi connectivity index (χ0n) is 11.0. The summed E-state index contributed by atoms with van der Waals surface area (Å²) in [6.07, 6.45) is -0.335. The fourth-order valence-electron chi connectivity index (χ4n) is 1.72. The van der Waals surface area contributed by atoms with Crippen LogP contribution in [0.5, 0.6) is 5.75 Å². The van der Waals surface area contributed by atoms with Gasteiger partial charge < -0.3 is 14.4 Å². The minimum absolute atomic E-state index is 0.335. The Morgan fingerprint density at radius 2 is 1.88 bits per heavy atom. The summed E-state index contributed by atoms with van der Waals surface area (Å²) >= 11 is 0. The lowest BCUT2D eigenvalue weighted by Crippen LogP contribution is -2.26. The second kappa shape index (κ2) is 5.57. The van der Waals surface area contributed by atoms with E-state index in [2.05, 4.69) is 4.74 Å². The standard InChI is InChI=1S/C13H19NO3/c1-9-10(2)12(16-4)7-6-11(9)8-14(3)13(15)17-5/h6-7H,8H2,1-5H3. The number of rotatable bonds is 3. The third-order valence-electron chi connectivity index (χ3n) is 2.96. The number of nitrogens with zero attached hydrogens (tertiary/aromatic N) is 1. The van der Waals surface area contributed by atoms with Crippen LogP contribution in [0.3, 0.4) is 0 Å². The molecule has 0 radical (unpaired) electrons. The molecule has 0 saturated heterocycles. The molecule has 0 aliphatic heterocycles. The second-order valence-corrected chi connectivity index (χ2v) is 4.00. The molecule has 1 amide bonds. The van der Waals surface area contributed by atoms with Crippen molar-refractivity contribution in [2.45, 2.75) is 20.4 Å². The molecule has 0 saturated carbocycles. The van der Waals surface area contributed by atoms with Crippen molar-refractivity contribution >= 4 is 6.09 Å². The Morgan fingerprint density at radius 3 is 2.41 bits per heavy atom. The third-order valence-corrected chi connectivity index (χ3v) is 2.96. The summed E-state index contributed by atoms with van der Waals surface area (Å²) in [5.74, 6) is 0.868. The molecule has 94 valence electrons. The number of ether oxygens (including phenoxy) is 2. The highest BCUT2D eigenvalue weighted by atomic mass is 16.5. The van der Waals surface area contributed by atoms with E-state index < -0.39 is 0 Å². The van der Waals surface area contributed by atoms with Crippen LogP contribution in [0.4, 0.5) is 4.79 Å². The number of carbonyl (C=O) groups is 1. The summed E-state index contributed by atoms with van der Waals surface area (Å²) in [4.78, 5) is 12.9. The highest BCUT2D eigenvalue weighted by molar-refractivity contribution is 5.67. The van der Waals surface area contributed by atoms with E-state index in [0.717, 1.165) is 22.4 Å².